The van der Waals surface area contributed by atoms with Crippen LogP contribution < -0.4 is 5.32 Å². The summed E-state index contributed by atoms with van der Waals surface area (Å²) >= 11 is 2.00. The Balaban J connectivity index is 1.64. The molecule has 1 heterocycles. The van der Waals surface area contributed by atoms with E-state index in [9.17, 15) is 9.18 Å². The van der Waals surface area contributed by atoms with Gasteiger partial charge in [0, 0.05) is 42.8 Å². The van der Waals surface area contributed by atoms with Gasteiger partial charge in [-0.25, -0.2) is 4.39 Å². The van der Waals surface area contributed by atoms with E-state index in [1.165, 1.54) is 29.7 Å². The van der Waals surface area contributed by atoms with Crippen LogP contribution in [0.2, 0.25) is 0 Å². The summed E-state index contributed by atoms with van der Waals surface area (Å²) in [7, 11) is 0. The second-order valence-electron chi connectivity index (χ2n) is 4.95. The lowest BCUT2D eigenvalue weighted by Gasteiger charge is -2.25. The van der Waals surface area contributed by atoms with Gasteiger partial charge in [0.1, 0.15) is 5.82 Å². The van der Waals surface area contributed by atoms with E-state index < -0.39 is 0 Å². The molecule has 21 heavy (non-hydrogen) atoms. The van der Waals surface area contributed by atoms with Crippen LogP contribution in [0.1, 0.15) is 12.0 Å². The van der Waals surface area contributed by atoms with Crippen molar-refractivity contribution in [2.45, 2.75) is 6.42 Å². The average Bonchev–Trinajstić information content (AvgIpc) is 2.52. The van der Waals surface area contributed by atoms with Crippen molar-refractivity contribution in [1.29, 1.82) is 0 Å². The van der Waals surface area contributed by atoms with Crippen molar-refractivity contribution in [3.8, 4) is 0 Å². The molecule has 114 valence electrons. The molecule has 1 N–H and O–H groups in total. The highest BCUT2D eigenvalue weighted by atomic mass is 32.2. The van der Waals surface area contributed by atoms with Gasteiger partial charge in [0.2, 0.25) is 5.91 Å². The number of nitrogens with zero attached hydrogens (tertiary/aromatic N) is 1. The first-order valence-corrected chi connectivity index (χ1v) is 8.42. The van der Waals surface area contributed by atoms with Gasteiger partial charge in [-0.1, -0.05) is 18.2 Å². The van der Waals surface area contributed by atoms with E-state index in [4.69, 9.17) is 0 Å². The molecule has 1 aromatic rings. The Hall–Kier alpha value is -1.33. The van der Waals surface area contributed by atoms with Crippen LogP contribution in [0.3, 0.4) is 0 Å². The van der Waals surface area contributed by atoms with Crippen molar-refractivity contribution < 1.29 is 9.18 Å². The van der Waals surface area contributed by atoms with Crippen LogP contribution in [0.4, 0.5) is 4.39 Å². The van der Waals surface area contributed by atoms with Crippen molar-refractivity contribution in [2.24, 2.45) is 0 Å². The van der Waals surface area contributed by atoms with Gasteiger partial charge in [0.05, 0.1) is 0 Å². The van der Waals surface area contributed by atoms with E-state index in [-0.39, 0.29) is 11.7 Å². The third kappa shape index (κ3) is 5.89. The van der Waals surface area contributed by atoms with E-state index in [2.05, 4.69) is 10.2 Å². The van der Waals surface area contributed by atoms with Crippen LogP contribution in [0, 0.1) is 5.82 Å². The third-order valence-corrected chi connectivity index (χ3v) is 4.32. The number of benzene rings is 1. The number of carbonyl (C=O) groups excluding carboxylic acids is 1. The fraction of sp³-hybridized carbons (Fsp3) is 0.438. The number of nitrogens with one attached hydrogen (secondary N) is 1. The SMILES string of the molecule is O=C(C=Cc1ccccc1F)NCCCN1CCSCC1. The minimum absolute atomic E-state index is 0.174. The molecule has 0 unspecified atom stereocenters. The quantitative estimate of drug-likeness (QED) is 0.647. The van der Waals surface area contributed by atoms with Gasteiger partial charge in [0.15, 0.2) is 0 Å². The van der Waals surface area contributed by atoms with Gasteiger partial charge in [-0.2, -0.15) is 11.8 Å². The van der Waals surface area contributed by atoms with Crippen molar-refractivity contribution in [2.75, 3.05) is 37.7 Å². The molecule has 1 amide bonds. The molecule has 3 nitrogen and oxygen atoms in total. The Morgan fingerprint density at radius 1 is 1.33 bits per heavy atom. The first kappa shape index (κ1) is 16.0. The Kier molecular flexibility index (Phi) is 6.76. The highest BCUT2D eigenvalue weighted by molar-refractivity contribution is 7.99. The average molecular weight is 308 g/mol. The Morgan fingerprint density at radius 3 is 2.86 bits per heavy atom. The molecule has 0 radical (unpaired) electrons. The second kappa shape index (κ2) is 8.85. The fourth-order valence-electron chi connectivity index (χ4n) is 2.17. The van der Waals surface area contributed by atoms with Gasteiger partial charge >= 0.3 is 0 Å². The molecule has 1 aliphatic rings. The molecular weight excluding hydrogens is 287 g/mol. The highest BCUT2D eigenvalue weighted by Crippen LogP contribution is 2.09. The molecule has 1 aromatic carbocycles. The zero-order valence-corrected chi connectivity index (χ0v) is 12.9. The Labute approximate surface area is 129 Å². The summed E-state index contributed by atoms with van der Waals surface area (Å²) in [6.07, 6.45) is 3.84. The van der Waals surface area contributed by atoms with E-state index in [0.717, 1.165) is 26.1 Å². The van der Waals surface area contributed by atoms with Crippen LogP contribution in [0.15, 0.2) is 30.3 Å². The number of hydrogen-bond donors (Lipinski definition) is 1. The Morgan fingerprint density at radius 2 is 2.10 bits per heavy atom. The van der Waals surface area contributed by atoms with Gasteiger partial charge < -0.3 is 10.2 Å². The maximum Gasteiger partial charge on any atom is 0.244 e. The van der Waals surface area contributed by atoms with Crippen LogP contribution in [-0.2, 0) is 4.79 Å². The van der Waals surface area contributed by atoms with Crippen LogP contribution in [0.25, 0.3) is 6.08 Å². The molecule has 5 heteroatoms. The summed E-state index contributed by atoms with van der Waals surface area (Å²) in [6.45, 7) is 3.97. The predicted molar refractivity (Wildman–Crippen MR) is 86.8 cm³/mol. The number of carbonyl (C=O) groups is 1. The van der Waals surface area contributed by atoms with Crippen molar-refractivity contribution >= 4 is 23.7 Å². The van der Waals surface area contributed by atoms with Crippen LogP contribution in [0.5, 0.6) is 0 Å². The largest absolute Gasteiger partial charge is 0.353 e. The summed E-state index contributed by atoms with van der Waals surface area (Å²) in [6, 6.07) is 6.41. The predicted octanol–water partition coefficient (Wildman–Crippen LogP) is 2.39. The fourth-order valence-corrected chi connectivity index (χ4v) is 3.15. The lowest BCUT2D eigenvalue weighted by Crippen LogP contribution is -2.35. The molecule has 0 aromatic heterocycles. The normalized spacial score (nSPS) is 16.2. The van der Waals surface area contributed by atoms with E-state index in [1.54, 1.807) is 18.2 Å². The lowest BCUT2D eigenvalue weighted by atomic mass is 10.2. The zero-order valence-electron chi connectivity index (χ0n) is 12.1. The number of halogens is 1. The minimum atomic E-state index is -0.315. The van der Waals surface area contributed by atoms with Crippen LogP contribution in [-0.4, -0.2) is 48.5 Å². The Bertz CT molecular complexity index is 487. The molecule has 0 bridgehead atoms. The molecule has 0 saturated carbocycles. The standard InChI is InChI=1S/C16H21FN2OS/c17-15-5-2-1-4-14(15)6-7-16(20)18-8-3-9-19-10-12-21-13-11-19/h1-2,4-7H,3,8-13H2,(H,18,20). The van der Waals surface area contributed by atoms with Crippen molar-refractivity contribution in [3.63, 3.8) is 0 Å². The summed E-state index contributed by atoms with van der Waals surface area (Å²) in [5.41, 5.74) is 0.429. The van der Waals surface area contributed by atoms with Gasteiger partial charge in [-0.15, -0.1) is 0 Å². The summed E-state index contributed by atoms with van der Waals surface area (Å²) in [5.74, 6) is 1.92. The number of thioether (sulfide) groups is 1. The zero-order chi connectivity index (χ0) is 14.9. The summed E-state index contributed by atoms with van der Waals surface area (Å²) in [4.78, 5) is 14.1. The topological polar surface area (TPSA) is 32.3 Å². The smallest absolute Gasteiger partial charge is 0.244 e. The van der Waals surface area contributed by atoms with Gasteiger partial charge in [-0.3, -0.25) is 4.79 Å². The third-order valence-electron chi connectivity index (χ3n) is 3.37. The van der Waals surface area contributed by atoms with Gasteiger partial charge in [-0.05, 0) is 25.1 Å². The number of amides is 1. The maximum atomic E-state index is 13.4. The molecule has 2 rings (SSSR count). The first-order chi connectivity index (χ1) is 10.3. The van der Waals surface area contributed by atoms with E-state index in [1.807, 2.05) is 11.8 Å². The monoisotopic (exact) mass is 308 g/mol. The number of rotatable bonds is 6. The minimum Gasteiger partial charge on any atom is -0.353 e. The molecule has 1 aliphatic heterocycles. The molecule has 1 fully saturated rings. The summed E-state index contributed by atoms with van der Waals surface area (Å²) in [5, 5.41) is 2.83. The molecule has 0 spiro atoms. The molecule has 0 atom stereocenters. The molecule has 1 saturated heterocycles. The first-order valence-electron chi connectivity index (χ1n) is 7.26. The van der Waals surface area contributed by atoms with Gasteiger partial charge in [0.25, 0.3) is 0 Å². The highest BCUT2D eigenvalue weighted by Gasteiger charge is 2.09. The second-order valence-corrected chi connectivity index (χ2v) is 6.18. The van der Waals surface area contributed by atoms with E-state index >= 15 is 0 Å². The molecule has 0 aliphatic carbocycles. The summed E-state index contributed by atoms with van der Waals surface area (Å²) < 4.78 is 13.4. The molecular formula is C16H21FN2OS. The number of hydrogen-bond acceptors (Lipinski definition) is 3. The van der Waals surface area contributed by atoms with Crippen LogP contribution >= 0.6 is 11.8 Å². The van der Waals surface area contributed by atoms with E-state index in [0.29, 0.717) is 12.1 Å². The maximum absolute atomic E-state index is 13.4. The van der Waals surface area contributed by atoms with Crippen molar-refractivity contribution in [3.05, 3.63) is 41.7 Å². The van der Waals surface area contributed by atoms with Crippen molar-refractivity contribution in [1.82, 2.24) is 10.2 Å². The lowest BCUT2D eigenvalue weighted by molar-refractivity contribution is -0.116.